The maximum Gasteiger partial charge on any atom is 0.409 e. The van der Waals surface area contributed by atoms with E-state index in [-0.39, 0.29) is 18.0 Å². The number of nitrogens with one attached hydrogen (secondary N) is 1. The summed E-state index contributed by atoms with van der Waals surface area (Å²) in [5.41, 5.74) is 3.13. The smallest absolute Gasteiger partial charge is 0.409 e. The molecule has 3 heterocycles. The fourth-order valence-electron chi connectivity index (χ4n) is 3.22. The number of carbonyl (C=O) groups is 2. The number of amides is 2. The molecule has 0 unspecified atom stereocenters. The van der Waals surface area contributed by atoms with Crippen LogP contribution in [0.4, 0.5) is 4.79 Å². The highest BCUT2D eigenvalue weighted by Crippen LogP contribution is 2.16. The van der Waals surface area contributed by atoms with Gasteiger partial charge in [0, 0.05) is 25.3 Å². The van der Waals surface area contributed by atoms with Crippen LogP contribution in [0.3, 0.4) is 0 Å². The van der Waals surface area contributed by atoms with Crippen LogP contribution in [-0.2, 0) is 4.74 Å². The van der Waals surface area contributed by atoms with E-state index in [1.807, 2.05) is 36.6 Å². The lowest BCUT2D eigenvalue weighted by molar-refractivity contribution is 0.0855. The van der Waals surface area contributed by atoms with E-state index in [1.165, 1.54) is 0 Å². The van der Waals surface area contributed by atoms with E-state index in [0.717, 1.165) is 24.1 Å². The van der Waals surface area contributed by atoms with Crippen LogP contribution in [0.1, 0.15) is 41.5 Å². The Bertz CT molecular complexity index is 791. The zero-order valence-corrected chi connectivity index (χ0v) is 14.9. The predicted molar refractivity (Wildman–Crippen MR) is 93.7 cm³/mol. The highest BCUT2D eigenvalue weighted by atomic mass is 16.6. The Hall–Kier alpha value is -2.57. The number of fused-ring (bicyclic) bond motifs is 1. The third kappa shape index (κ3) is 3.60. The van der Waals surface area contributed by atoms with E-state index in [4.69, 9.17) is 4.74 Å². The van der Waals surface area contributed by atoms with Crippen molar-refractivity contribution in [1.82, 2.24) is 19.6 Å². The molecule has 1 aliphatic rings. The summed E-state index contributed by atoms with van der Waals surface area (Å²) in [6.45, 7) is 7.19. The summed E-state index contributed by atoms with van der Waals surface area (Å²) >= 11 is 0. The molecule has 1 saturated heterocycles. The van der Waals surface area contributed by atoms with Crippen LogP contribution >= 0.6 is 0 Å². The number of aryl methyl sites for hydroxylation is 2. The van der Waals surface area contributed by atoms with E-state index in [0.29, 0.717) is 31.1 Å². The molecule has 0 bridgehead atoms. The average Bonchev–Trinajstić information content (AvgIpc) is 2.90. The Morgan fingerprint density at radius 1 is 1.28 bits per heavy atom. The first-order valence-electron chi connectivity index (χ1n) is 8.67. The predicted octanol–water partition coefficient (Wildman–Crippen LogP) is 2.30. The van der Waals surface area contributed by atoms with Crippen molar-refractivity contribution in [3.63, 3.8) is 0 Å². The first kappa shape index (κ1) is 17.3. The van der Waals surface area contributed by atoms with Crippen molar-refractivity contribution >= 4 is 17.6 Å². The van der Waals surface area contributed by atoms with E-state index in [1.54, 1.807) is 11.8 Å². The highest BCUT2D eigenvalue weighted by Gasteiger charge is 2.26. The number of rotatable bonds is 3. The Morgan fingerprint density at radius 3 is 2.68 bits per heavy atom. The second-order valence-corrected chi connectivity index (χ2v) is 6.41. The lowest BCUT2D eigenvalue weighted by Crippen LogP contribution is -2.47. The topological polar surface area (TPSA) is 75.9 Å². The second kappa shape index (κ2) is 7.13. The molecule has 2 aromatic rings. The standard InChI is InChI=1S/C18H24N4O3/c1-4-25-18(24)21-9-7-14(8-10-21)20-17(23)16-13(3)19-15-6-5-12(2)11-22(15)16/h5-6,11,14H,4,7-10H2,1-3H3,(H,20,23). The van der Waals surface area contributed by atoms with Crippen LogP contribution in [-0.4, -0.2) is 52.0 Å². The van der Waals surface area contributed by atoms with E-state index in [9.17, 15) is 9.59 Å². The van der Waals surface area contributed by atoms with Gasteiger partial charge in [-0.1, -0.05) is 6.07 Å². The molecule has 1 N–H and O–H groups in total. The number of pyridine rings is 1. The van der Waals surface area contributed by atoms with Gasteiger partial charge in [0.25, 0.3) is 5.91 Å². The Balaban J connectivity index is 1.67. The minimum Gasteiger partial charge on any atom is -0.450 e. The molecule has 3 rings (SSSR count). The molecular formula is C18H24N4O3. The van der Waals surface area contributed by atoms with Gasteiger partial charge >= 0.3 is 6.09 Å². The third-order valence-electron chi connectivity index (χ3n) is 4.51. The Morgan fingerprint density at radius 2 is 2.00 bits per heavy atom. The van der Waals surface area contributed by atoms with Crippen molar-refractivity contribution in [2.45, 2.75) is 39.7 Å². The van der Waals surface area contributed by atoms with Crippen LogP contribution in [0.25, 0.3) is 5.65 Å². The van der Waals surface area contributed by atoms with E-state index < -0.39 is 0 Å². The number of hydrogen-bond donors (Lipinski definition) is 1. The molecule has 25 heavy (non-hydrogen) atoms. The summed E-state index contributed by atoms with van der Waals surface area (Å²) < 4.78 is 6.86. The minimum atomic E-state index is -0.277. The molecule has 7 heteroatoms. The molecule has 0 spiro atoms. The fourth-order valence-corrected chi connectivity index (χ4v) is 3.22. The number of piperidine rings is 1. The average molecular weight is 344 g/mol. The van der Waals surface area contributed by atoms with Crippen LogP contribution in [0.5, 0.6) is 0 Å². The van der Waals surface area contributed by atoms with Gasteiger partial charge in [-0.3, -0.25) is 9.20 Å². The summed E-state index contributed by atoms with van der Waals surface area (Å²) in [4.78, 5) is 30.6. The van der Waals surface area contributed by atoms with Gasteiger partial charge in [-0.2, -0.15) is 0 Å². The zero-order valence-electron chi connectivity index (χ0n) is 14.9. The number of imidazole rings is 1. The first-order valence-corrected chi connectivity index (χ1v) is 8.67. The van der Waals surface area contributed by atoms with Gasteiger partial charge in [0.1, 0.15) is 11.3 Å². The van der Waals surface area contributed by atoms with Gasteiger partial charge in [-0.05, 0) is 45.2 Å². The quantitative estimate of drug-likeness (QED) is 0.927. The fraction of sp³-hybridized carbons (Fsp3) is 0.500. The maximum absolute atomic E-state index is 12.8. The van der Waals surface area contributed by atoms with Crippen LogP contribution < -0.4 is 5.32 Å². The normalized spacial score (nSPS) is 15.4. The molecule has 7 nitrogen and oxygen atoms in total. The molecule has 1 fully saturated rings. The lowest BCUT2D eigenvalue weighted by atomic mass is 10.1. The molecule has 2 amide bonds. The minimum absolute atomic E-state index is 0.0490. The summed E-state index contributed by atoms with van der Waals surface area (Å²) in [7, 11) is 0. The number of nitrogens with zero attached hydrogens (tertiary/aromatic N) is 3. The van der Waals surface area contributed by atoms with Crippen LogP contribution in [0, 0.1) is 13.8 Å². The Labute approximate surface area is 147 Å². The van der Waals surface area contributed by atoms with Crippen molar-refractivity contribution < 1.29 is 14.3 Å². The first-order chi connectivity index (χ1) is 12.0. The van der Waals surface area contributed by atoms with Crippen molar-refractivity contribution in [1.29, 1.82) is 0 Å². The van der Waals surface area contributed by atoms with Gasteiger partial charge < -0.3 is 15.0 Å². The maximum atomic E-state index is 12.8. The molecule has 0 aromatic carbocycles. The van der Waals surface area contributed by atoms with Gasteiger partial charge in [-0.25, -0.2) is 9.78 Å². The monoisotopic (exact) mass is 344 g/mol. The number of ether oxygens (including phenoxy) is 1. The molecule has 0 atom stereocenters. The molecule has 0 radical (unpaired) electrons. The van der Waals surface area contributed by atoms with Crippen molar-refractivity contribution in [2.75, 3.05) is 19.7 Å². The molecule has 0 saturated carbocycles. The van der Waals surface area contributed by atoms with Crippen molar-refractivity contribution in [3.8, 4) is 0 Å². The van der Waals surface area contributed by atoms with Gasteiger partial charge in [0.15, 0.2) is 0 Å². The second-order valence-electron chi connectivity index (χ2n) is 6.41. The summed E-state index contributed by atoms with van der Waals surface area (Å²) in [5, 5.41) is 3.09. The van der Waals surface area contributed by atoms with Crippen LogP contribution in [0.2, 0.25) is 0 Å². The third-order valence-corrected chi connectivity index (χ3v) is 4.51. The summed E-state index contributed by atoms with van der Waals surface area (Å²) in [6.07, 6.45) is 3.09. The lowest BCUT2D eigenvalue weighted by Gasteiger charge is -2.31. The largest absolute Gasteiger partial charge is 0.450 e. The highest BCUT2D eigenvalue weighted by molar-refractivity contribution is 5.94. The van der Waals surface area contributed by atoms with Gasteiger partial charge in [0.05, 0.1) is 12.3 Å². The number of likely N-dealkylation sites (tertiary alicyclic amines) is 1. The molecule has 2 aromatic heterocycles. The van der Waals surface area contributed by atoms with Gasteiger partial charge in [-0.15, -0.1) is 0 Å². The van der Waals surface area contributed by atoms with Gasteiger partial charge in [0.2, 0.25) is 0 Å². The number of hydrogen-bond acceptors (Lipinski definition) is 4. The molecule has 134 valence electrons. The zero-order chi connectivity index (χ0) is 18.0. The Kier molecular flexibility index (Phi) is 4.92. The molecular weight excluding hydrogens is 320 g/mol. The molecule has 0 aliphatic carbocycles. The van der Waals surface area contributed by atoms with E-state index in [2.05, 4.69) is 10.3 Å². The summed E-state index contributed by atoms with van der Waals surface area (Å²) in [5.74, 6) is -0.120. The van der Waals surface area contributed by atoms with E-state index >= 15 is 0 Å². The van der Waals surface area contributed by atoms with Crippen LogP contribution in [0.15, 0.2) is 18.3 Å². The van der Waals surface area contributed by atoms with Crippen molar-refractivity contribution in [2.24, 2.45) is 0 Å². The SMILES string of the molecule is CCOC(=O)N1CCC(NC(=O)c2c(C)nc3ccc(C)cn23)CC1. The number of carbonyl (C=O) groups excluding carboxylic acids is 2. The van der Waals surface area contributed by atoms with Crippen molar-refractivity contribution in [3.05, 3.63) is 35.3 Å². The number of aromatic nitrogens is 2. The summed E-state index contributed by atoms with van der Waals surface area (Å²) in [6, 6.07) is 3.94. The molecule has 1 aliphatic heterocycles.